The van der Waals surface area contributed by atoms with Crippen LogP contribution in [0.15, 0.2) is 42.5 Å². The molecule has 0 saturated carbocycles. The quantitative estimate of drug-likeness (QED) is 0.548. The van der Waals surface area contributed by atoms with Crippen LogP contribution in [0.5, 0.6) is 0 Å². The van der Waals surface area contributed by atoms with Gasteiger partial charge in [0.25, 0.3) is 0 Å². The van der Waals surface area contributed by atoms with Crippen molar-refractivity contribution in [3.63, 3.8) is 0 Å². The van der Waals surface area contributed by atoms with Crippen LogP contribution in [0.1, 0.15) is 70.1 Å². The van der Waals surface area contributed by atoms with E-state index >= 15 is 0 Å². The lowest BCUT2D eigenvalue weighted by atomic mass is 9.85. The molecule has 0 heteroatoms. The Morgan fingerprint density at radius 3 is 1.87 bits per heavy atom. The van der Waals surface area contributed by atoms with Gasteiger partial charge in [0.2, 0.25) is 0 Å². The molecule has 0 aliphatic rings. The van der Waals surface area contributed by atoms with E-state index in [0.717, 1.165) is 0 Å². The van der Waals surface area contributed by atoms with Crippen LogP contribution in [0.3, 0.4) is 0 Å². The zero-order chi connectivity index (χ0) is 17.1. The van der Waals surface area contributed by atoms with Gasteiger partial charge in [0.15, 0.2) is 0 Å². The molecule has 0 spiro atoms. The molecule has 0 amide bonds. The average Bonchev–Trinajstić information content (AvgIpc) is 2.53. The fourth-order valence-electron chi connectivity index (χ4n) is 3.06. The molecule has 0 saturated heterocycles. The molecule has 124 valence electrons. The van der Waals surface area contributed by atoms with E-state index in [4.69, 9.17) is 0 Å². The monoisotopic (exact) mass is 308 g/mol. The molecule has 0 aliphatic carbocycles. The molecule has 0 N–H and O–H groups in total. The summed E-state index contributed by atoms with van der Waals surface area (Å²) in [6, 6.07) is 16.0. The van der Waals surface area contributed by atoms with Gasteiger partial charge < -0.3 is 0 Å². The van der Waals surface area contributed by atoms with Gasteiger partial charge in [-0.25, -0.2) is 0 Å². The van der Waals surface area contributed by atoms with Gasteiger partial charge in [0.1, 0.15) is 0 Å². The van der Waals surface area contributed by atoms with Crippen molar-refractivity contribution in [2.24, 2.45) is 11.8 Å². The molecule has 2 aromatic rings. The molecule has 2 aromatic carbocycles. The summed E-state index contributed by atoms with van der Waals surface area (Å²) in [5, 5.41) is 0. The highest BCUT2D eigenvalue weighted by Gasteiger charge is 2.14. The Hall–Kier alpha value is -1.56. The number of aryl methyl sites for hydroxylation is 1. The molecular weight excluding hydrogens is 276 g/mol. The fraction of sp³-hybridized carbons (Fsp3) is 0.478. The van der Waals surface area contributed by atoms with Gasteiger partial charge in [-0.05, 0) is 58.4 Å². The summed E-state index contributed by atoms with van der Waals surface area (Å²) in [5.41, 5.74) is 7.01. The highest BCUT2D eigenvalue weighted by atomic mass is 14.2. The minimum Gasteiger partial charge on any atom is -0.0622 e. The largest absolute Gasteiger partial charge is 0.0622 e. The number of rotatable bonds is 5. The molecule has 0 fully saturated rings. The molecule has 2 unspecified atom stereocenters. The molecule has 2 atom stereocenters. The van der Waals surface area contributed by atoms with Gasteiger partial charge in [-0.2, -0.15) is 0 Å². The summed E-state index contributed by atoms with van der Waals surface area (Å²) < 4.78 is 0. The van der Waals surface area contributed by atoms with Crippen molar-refractivity contribution in [3.8, 4) is 11.1 Å². The maximum absolute atomic E-state index is 2.40. The lowest BCUT2D eigenvalue weighted by Gasteiger charge is -2.20. The van der Waals surface area contributed by atoms with Crippen molar-refractivity contribution >= 4 is 0 Å². The fourth-order valence-corrected chi connectivity index (χ4v) is 3.06. The number of hydrogen-bond donors (Lipinski definition) is 0. The Morgan fingerprint density at radius 1 is 0.652 bits per heavy atom. The van der Waals surface area contributed by atoms with Crippen molar-refractivity contribution in [3.05, 3.63) is 59.2 Å². The van der Waals surface area contributed by atoms with Gasteiger partial charge in [0, 0.05) is 0 Å². The second kappa shape index (κ2) is 7.34. The predicted molar refractivity (Wildman–Crippen MR) is 103 cm³/mol. The Morgan fingerprint density at radius 2 is 1.26 bits per heavy atom. The van der Waals surface area contributed by atoms with Gasteiger partial charge >= 0.3 is 0 Å². The van der Waals surface area contributed by atoms with Crippen molar-refractivity contribution in [2.45, 2.75) is 60.3 Å². The van der Waals surface area contributed by atoms with Crippen LogP contribution in [0.4, 0.5) is 0 Å². The van der Waals surface area contributed by atoms with Crippen LogP contribution in [-0.2, 0) is 0 Å². The first-order valence-corrected chi connectivity index (χ1v) is 9.02. The summed E-state index contributed by atoms with van der Waals surface area (Å²) in [7, 11) is 0. The minimum atomic E-state index is 0.590. The topological polar surface area (TPSA) is 0 Å². The van der Waals surface area contributed by atoms with Crippen molar-refractivity contribution in [1.29, 1.82) is 0 Å². The number of benzene rings is 2. The SMILES string of the molecule is Cc1ccc(-c2cccc(C(C)C(C)C)c2)cc1C(C)C(C)C. The first-order valence-electron chi connectivity index (χ1n) is 9.02. The van der Waals surface area contributed by atoms with E-state index < -0.39 is 0 Å². The lowest BCUT2D eigenvalue weighted by molar-refractivity contribution is 0.533. The van der Waals surface area contributed by atoms with Crippen molar-refractivity contribution in [1.82, 2.24) is 0 Å². The maximum atomic E-state index is 2.40. The molecule has 2 rings (SSSR count). The summed E-state index contributed by atoms with van der Waals surface area (Å²) >= 11 is 0. The normalized spacial score (nSPS) is 14.3. The molecule has 0 nitrogen and oxygen atoms in total. The van der Waals surface area contributed by atoms with Crippen LogP contribution >= 0.6 is 0 Å². The Balaban J connectivity index is 2.43. The van der Waals surface area contributed by atoms with E-state index in [1.54, 1.807) is 0 Å². The maximum Gasteiger partial charge on any atom is -0.0164 e. The Kier molecular flexibility index (Phi) is 5.68. The predicted octanol–water partition coefficient (Wildman–Crippen LogP) is 7.18. The second-order valence-corrected chi connectivity index (χ2v) is 7.76. The third-order valence-corrected chi connectivity index (χ3v) is 5.52. The summed E-state index contributed by atoms with van der Waals surface area (Å²) in [4.78, 5) is 0. The molecule has 0 radical (unpaired) electrons. The van der Waals surface area contributed by atoms with E-state index in [1.807, 2.05) is 0 Å². The van der Waals surface area contributed by atoms with Gasteiger partial charge in [-0.15, -0.1) is 0 Å². The van der Waals surface area contributed by atoms with E-state index in [9.17, 15) is 0 Å². The van der Waals surface area contributed by atoms with Gasteiger partial charge in [-0.1, -0.05) is 84.0 Å². The number of hydrogen-bond acceptors (Lipinski definition) is 0. The molecule has 0 aliphatic heterocycles. The first kappa shape index (κ1) is 17.8. The van der Waals surface area contributed by atoms with Crippen LogP contribution in [0.2, 0.25) is 0 Å². The van der Waals surface area contributed by atoms with E-state index in [-0.39, 0.29) is 0 Å². The molecule has 0 aromatic heterocycles. The van der Waals surface area contributed by atoms with Crippen LogP contribution < -0.4 is 0 Å². The Bertz CT molecular complexity index is 649. The van der Waals surface area contributed by atoms with Gasteiger partial charge in [-0.3, -0.25) is 0 Å². The standard InChI is InChI=1S/C23H32/c1-15(2)18(6)20-9-8-10-21(13-20)22-12-11-17(5)23(14-22)19(7)16(3)4/h8-16,18-19H,1-7H3. The van der Waals surface area contributed by atoms with Crippen molar-refractivity contribution < 1.29 is 0 Å². The van der Waals surface area contributed by atoms with Crippen LogP contribution in [-0.4, -0.2) is 0 Å². The molecular formula is C23H32. The van der Waals surface area contributed by atoms with Crippen molar-refractivity contribution in [2.75, 3.05) is 0 Å². The summed E-state index contributed by atoms with van der Waals surface area (Å²) in [5.74, 6) is 2.51. The summed E-state index contributed by atoms with van der Waals surface area (Å²) in [6.45, 7) is 16.1. The Labute approximate surface area is 143 Å². The molecule has 0 heterocycles. The smallest absolute Gasteiger partial charge is 0.0164 e. The van der Waals surface area contributed by atoms with E-state index in [0.29, 0.717) is 23.7 Å². The lowest BCUT2D eigenvalue weighted by Crippen LogP contribution is -2.04. The van der Waals surface area contributed by atoms with Crippen LogP contribution in [0.25, 0.3) is 11.1 Å². The minimum absolute atomic E-state index is 0.590. The first-order chi connectivity index (χ1) is 10.8. The van der Waals surface area contributed by atoms with Crippen LogP contribution in [0, 0.1) is 18.8 Å². The average molecular weight is 309 g/mol. The molecule has 0 bridgehead atoms. The van der Waals surface area contributed by atoms with E-state index in [1.165, 1.54) is 27.8 Å². The third kappa shape index (κ3) is 4.05. The highest BCUT2D eigenvalue weighted by Crippen LogP contribution is 2.32. The second-order valence-electron chi connectivity index (χ2n) is 7.76. The highest BCUT2D eigenvalue weighted by molar-refractivity contribution is 5.66. The van der Waals surface area contributed by atoms with E-state index in [2.05, 4.69) is 90.9 Å². The molecule has 23 heavy (non-hydrogen) atoms. The zero-order valence-corrected chi connectivity index (χ0v) is 15.9. The third-order valence-electron chi connectivity index (χ3n) is 5.52. The van der Waals surface area contributed by atoms with Gasteiger partial charge in [0.05, 0.1) is 0 Å². The summed E-state index contributed by atoms with van der Waals surface area (Å²) in [6.07, 6.45) is 0. The zero-order valence-electron chi connectivity index (χ0n) is 15.9.